The number of amides is 1. The van der Waals surface area contributed by atoms with E-state index in [1.165, 1.54) is 19.2 Å². The highest BCUT2D eigenvalue weighted by molar-refractivity contribution is 7.81. The number of halogens is 1. The molecule has 1 aromatic heterocycles. The summed E-state index contributed by atoms with van der Waals surface area (Å²) in [7, 11) is 1.52. The number of morpholine rings is 1. The average molecular weight is 596 g/mol. The molecule has 1 aliphatic rings. The van der Waals surface area contributed by atoms with Crippen molar-refractivity contribution in [1.82, 2.24) is 19.9 Å². The van der Waals surface area contributed by atoms with Crippen LogP contribution in [0.25, 0.3) is 11.0 Å². The maximum atomic E-state index is 12.8. The molecule has 0 bridgehead atoms. The number of nitrogens with zero attached hydrogens (tertiary/aromatic N) is 7. The number of anilines is 4. The van der Waals surface area contributed by atoms with Crippen molar-refractivity contribution in [2.45, 2.75) is 0 Å². The molecular formula is C26H24ClN8O5S+. The second kappa shape index (κ2) is 12.8. The van der Waals surface area contributed by atoms with E-state index in [-0.39, 0.29) is 22.9 Å². The average Bonchev–Trinajstić information content (AvgIpc) is 2.99. The molecule has 0 radical (unpaired) electrons. The van der Waals surface area contributed by atoms with E-state index in [0.29, 0.717) is 53.8 Å². The molecule has 0 saturated carbocycles. The van der Waals surface area contributed by atoms with Gasteiger partial charge in [0, 0.05) is 11.6 Å². The summed E-state index contributed by atoms with van der Waals surface area (Å²) in [6.45, 7) is 2.12. The van der Waals surface area contributed by atoms with Crippen LogP contribution < -0.4 is 19.3 Å². The number of carbonyl (C=O) groups is 1. The summed E-state index contributed by atoms with van der Waals surface area (Å²) in [4.78, 5) is 25.7. The van der Waals surface area contributed by atoms with Gasteiger partial charge in [-0.1, -0.05) is 29.8 Å². The zero-order chi connectivity index (χ0) is 28.8. The number of hydrogen-bond donors (Lipinski definition) is 2. The van der Waals surface area contributed by atoms with E-state index >= 15 is 0 Å². The highest BCUT2D eigenvalue weighted by Gasteiger charge is 2.24. The number of rotatable bonds is 8. The van der Waals surface area contributed by atoms with E-state index in [0.717, 1.165) is 4.31 Å². The van der Waals surface area contributed by atoms with Gasteiger partial charge in [-0.25, -0.2) is 18.5 Å². The highest BCUT2D eigenvalue weighted by Crippen LogP contribution is 2.36. The Hall–Kier alpha value is -4.46. The summed E-state index contributed by atoms with van der Waals surface area (Å²) in [5, 5.41) is 12.7. The normalized spacial score (nSPS) is 13.7. The molecule has 1 atom stereocenters. The van der Waals surface area contributed by atoms with Gasteiger partial charge >= 0.3 is 5.91 Å². The van der Waals surface area contributed by atoms with Crippen LogP contribution in [-0.4, -0.2) is 63.1 Å². The third-order valence-electron chi connectivity index (χ3n) is 5.94. The first-order chi connectivity index (χ1) is 19.9. The number of hydrogen-bond acceptors (Lipinski definition) is 8. The SMILES string of the molecule is COc1ccc(Cl)c(Nc2nc3ccccc3nc2N(c2cccc(C(=O)N=[N+]=NN3CCOCC3)c2)S(=O)O)c1. The quantitative estimate of drug-likeness (QED) is 0.168. The van der Waals surface area contributed by atoms with Gasteiger partial charge in [-0.15, -0.1) is 5.01 Å². The van der Waals surface area contributed by atoms with Crippen molar-refractivity contribution < 1.29 is 23.0 Å². The van der Waals surface area contributed by atoms with Crippen LogP contribution in [0.4, 0.5) is 23.0 Å². The second-order valence-corrected chi connectivity index (χ2v) is 9.81. The molecule has 3 aromatic carbocycles. The predicted molar refractivity (Wildman–Crippen MR) is 154 cm³/mol. The monoisotopic (exact) mass is 595 g/mol. The van der Waals surface area contributed by atoms with Gasteiger partial charge in [-0.2, -0.15) is 0 Å². The number of ether oxygens (including phenoxy) is 2. The molecule has 15 heteroatoms. The van der Waals surface area contributed by atoms with E-state index in [2.05, 4.69) is 30.5 Å². The number of methoxy groups -OCH3 is 1. The molecule has 41 heavy (non-hydrogen) atoms. The number of nitrogens with one attached hydrogen (secondary N) is 1. The number of aromatic nitrogens is 2. The fourth-order valence-corrected chi connectivity index (χ4v) is 4.67. The molecule has 1 unspecified atom stereocenters. The first kappa shape index (κ1) is 28.1. The van der Waals surface area contributed by atoms with Gasteiger partial charge in [0.1, 0.15) is 18.8 Å². The van der Waals surface area contributed by atoms with E-state index in [1.54, 1.807) is 59.6 Å². The first-order valence-electron chi connectivity index (χ1n) is 12.3. The largest absolute Gasteiger partial charge is 0.497 e. The van der Waals surface area contributed by atoms with Crippen LogP contribution in [-0.2, 0) is 16.0 Å². The van der Waals surface area contributed by atoms with Crippen LogP contribution in [0, 0.1) is 0 Å². The zero-order valence-electron chi connectivity index (χ0n) is 21.7. The zero-order valence-corrected chi connectivity index (χ0v) is 23.2. The Morgan fingerprint density at radius 1 is 1.12 bits per heavy atom. The lowest BCUT2D eigenvalue weighted by Crippen LogP contribution is -2.32. The standard InChI is InChI=1S/C26H23ClN8O5S/c1-39-19-9-10-20(27)23(16-19)29-24-25(30-22-8-3-2-7-21(22)28-24)35(41(37)38)18-6-4-5-17(15-18)26(36)31-32-33-34-11-13-40-14-12-34/h2-10,15-16H,11-14H2,1H3,(H-,28,29,37,38)/p+1. The molecule has 1 fully saturated rings. The molecule has 1 aliphatic heterocycles. The molecule has 2 N–H and O–H groups in total. The summed E-state index contributed by atoms with van der Waals surface area (Å²) < 4.78 is 34.8. The smallest absolute Gasteiger partial charge is 0.335 e. The van der Waals surface area contributed by atoms with Gasteiger partial charge in [-0.3, -0.25) is 9.35 Å². The fourth-order valence-electron chi connectivity index (χ4n) is 3.94. The minimum atomic E-state index is -2.63. The maximum absolute atomic E-state index is 12.8. The lowest BCUT2D eigenvalue weighted by molar-refractivity contribution is 0.0340. The van der Waals surface area contributed by atoms with Crippen molar-refractivity contribution in [3.05, 3.63) is 77.3 Å². The molecule has 2 heterocycles. The third kappa shape index (κ3) is 6.65. The Morgan fingerprint density at radius 3 is 2.61 bits per heavy atom. The van der Waals surface area contributed by atoms with Crippen molar-refractivity contribution >= 4 is 62.8 Å². The van der Waals surface area contributed by atoms with Gasteiger partial charge in [0.15, 0.2) is 11.6 Å². The van der Waals surface area contributed by atoms with Crippen LogP contribution >= 0.6 is 11.6 Å². The van der Waals surface area contributed by atoms with Crippen molar-refractivity contribution in [3.8, 4) is 5.75 Å². The molecule has 13 nitrogen and oxygen atoms in total. The minimum Gasteiger partial charge on any atom is -0.497 e. The topological polar surface area (TPSA) is 156 Å². The molecule has 210 valence electrons. The van der Waals surface area contributed by atoms with Crippen LogP contribution in [0.5, 0.6) is 5.75 Å². The molecule has 1 amide bonds. The number of fused-ring (bicyclic) bond motifs is 1. The number of carbonyl (C=O) groups excluding carboxylic acids is 1. The van der Waals surface area contributed by atoms with E-state index in [1.807, 2.05) is 0 Å². The molecular weight excluding hydrogens is 572 g/mol. The van der Waals surface area contributed by atoms with E-state index < -0.39 is 17.2 Å². The van der Waals surface area contributed by atoms with Crippen molar-refractivity contribution in [2.75, 3.05) is 43.0 Å². The first-order valence-corrected chi connectivity index (χ1v) is 13.7. The minimum absolute atomic E-state index is 0.0111. The van der Waals surface area contributed by atoms with Crippen LogP contribution in [0.1, 0.15) is 10.4 Å². The second-order valence-electron chi connectivity index (χ2n) is 8.58. The Labute approximate surface area is 241 Å². The van der Waals surface area contributed by atoms with Gasteiger partial charge in [0.2, 0.25) is 5.22 Å². The summed E-state index contributed by atoms with van der Waals surface area (Å²) in [5.41, 5.74) is 1.76. The predicted octanol–water partition coefficient (Wildman–Crippen LogP) is 4.67. The summed E-state index contributed by atoms with van der Waals surface area (Å²) in [5.74, 6) is 0.00750. The van der Waals surface area contributed by atoms with E-state index in [4.69, 9.17) is 21.1 Å². The Morgan fingerprint density at radius 2 is 1.88 bits per heavy atom. The van der Waals surface area contributed by atoms with Crippen molar-refractivity contribution in [1.29, 1.82) is 0 Å². The van der Waals surface area contributed by atoms with Gasteiger partial charge in [-0.05, 0) is 42.5 Å². The maximum Gasteiger partial charge on any atom is 0.335 e. The van der Waals surface area contributed by atoms with E-state index in [9.17, 15) is 13.6 Å². The van der Waals surface area contributed by atoms with Crippen LogP contribution in [0.15, 0.2) is 77.1 Å². The lowest BCUT2D eigenvalue weighted by atomic mass is 10.2. The van der Waals surface area contributed by atoms with Gasteiger partial charge < -0.3 is 14.8 Å². The summed E-state index contributed by atoms with van der Waals surface area (Å²) in [6.07, 6.45) is 0. The van der Waals surface area contributed by atoms with Crippen molar-refractivity contribution in [3.63, 3.8) is 0 Å². The number of benzene rings is 3. The summed E-state index contributed by atoms with van der Waals surface area (Å²) in [6, 6.07) is 18.1. The van der Waals surface area contributed by atoms with Crippen LogP contribution in [0.2, 0.25) is 5.02 Å². The van der Waals surface area contributed by atoms with Crippen molar-refractivity contribution in [2.24, 2.45) is 10.3 Å². The van der Waals surface area contributed by atoms with Crippen LogP contribution in [0.3, 0.4) is 0 Å². The number of para-hydroxylation sites is 2. The highest BCUT2D eigenvalue weighted by atomic mass is 35.5. The summed E-state index contributed by atoms with van der Waals surface area (Å²) >= 11 is 3.79. The lowest BCUT2D eigenvalue weighted by Gasteiger charge is -2.22. The Balaban J connectivity index is 1.54. The van der Waals surface area contributed by atoms with Gasteiger partial charge in [0.25, 0.3) is 11.3 Å². The molecule has 4 aromatic rings. The molecule has 0 aliphatic carbocycles. The molecule has 1 saturated heterocycles. The fraction of sp³-hybridized carbons (Fsp3) is 0.192. The van der Waals surface area contributed by atoms with Gasteiger partial charge in [0.05, 0.1) is 57.8 Å². The Bertz CT molecular complexity index is 1680. The Kier molecular flexibility index (Phi) is 8.77. The molecule has 0 spiro atoms. The molecule has 5 rings (SSSR count). The third-order valence-corrected chi connectivity index (χ3v) is 6.97.